The fourth-order valence-electron chi connectivity index (χ4n) is 2.36. The van der Waals surface area contributed by atoms with Gasteiger partial charge >= 0.3 is 0 Å². The highest BCUT2D eigenvalue weighted by atomic mass is 16.3. The van der Waals surface area contributed by atoms with Crippen molar-refractivity contribution in [3.63, 3.8) is 0 Å². The van der Waals surface area contributed by atoms with Crippen LogP contribution in [0.4, 0.5) is 0 Å². The number of nitrogens with zero attached hydrogens (tertiary/aromatic N) is 2. The first-order valence-corrected chi connectivity index (χ1v) is 7.16. The number of Topliss-reactive ketones (excluding diaryl/α,β-unsaturated/α-hetero) is 1. The molecule has 0 aromatic carbocycles. The van der Waals surface area contributed by atoms with Crippen LogP contribution in [0, 0.1) is 12.8 Å². The van der Waals surface area contributed by atoms with Crippen LogP contribution in [0.2, 0.25) is 0 Å². The molecule has 1 aromatic heterocycles. The van der Waals surface area contributed by atoms with Crippen LogP contribution in [0.15, 0.2) is 0 Å². The fraction of sp³-hybridized carbons (Fsp3) is 0.733. The number of aryl methyl sites for hydroxylation is 2. The summed E-state index contributed by atoms with van der Waals surface area (Å²) in [5.41, 5.74) is 2.28. The van der Waals surface area contributed by atoms with E-state index < -0.39 is 6.10 Å². The molecule has 1 rings (SSSR count). The zero-order valence-electron chi connectivity index (χ0n) is 12.7. The Morgan fingerprint density at radius 3 is 2.42 bits per heavy atom. The number of hydrogen-bond acceptors (Lipinski definition) is 3. The molecule has 2 atom stereocenters. The van der Waals surface area contributed by atoms with Crippen LogP contribution in [0.1, 0.15) is 51.3 Å². The Labute approximate surface area is 115 Å². The van der Waals surface area contributed by atoms with Crippen LogP contribution in [0.3, 0.4) is 0 Å². The molecule has 108 valence electrons. The average Bonchev–Trinajstić information content (AvgIpc) is 2.65. The summed E-state index contributed by atoms with van der Waals surface area (Å²) >= 11 is 0. The van der Waals surface area contributed by atoms with Gasteiger partial charge in [0.1, 0.15) is 11.6 Å². The molecule has 4 nitrogen and oxygen atoms in total. The number of rotatable bonds is 7. The highest BCUT2D eigenvalue weighted by Crippen LogP contribution is 2.16. The van der Waals surface area contributed by atoms with E-state index in [1.165, 1.54) is 0 Å². The molecule has 1 aromatic rings. The monoisotopic (exact) mass is 266 g/mol. The molecule has 0 spiro atoms. The van der Waals surface area contributed by atoms with Crippen LogP contribution in [0.25, 0.3) is 0 Å². The quantitative estimate of drug-likeness (QED) is 0.824. The van der Waals surface area contributed by atoms with Crippen molar-refractivity contribution < 1.29 is 9.90 Å². The van der Waals surface area contributed by atoms with Crippen LogP contribution < -0.4 is 0 Å². The van der Waals surface area contributed by atoms with Crippen molar-refractivity contribution in [2.24, 2.45) is 5.92 Å². The number of aliphatic hydroxyl groups is 1. The smallest absolute Gasteiger partial charge is 0.140 e. The zero-order chi connectivity index (χ0) is 14.6. The van der Waals surface area contributed by atoms with Gasteiger partial charge in [-0.3, -0.25) is 4.79 Å². The van der Waals surface area contributed by atoms with E-state index in [4.69, 9.17) is 0 Å². The van der Waals surface area contributed by atoms with E-state index in [-0.39, 0.29) is 18.1 Å². The van der Waals surface area contributed by atoms with Gasteiger partial charge in [-0.25, -0.2) is 4.98 Å². The second kappa shape index (κ2) is 6.85. The van der Waals surface area contributed by atoms with Crippen LogP contribution in [-0.4, -0.2) is 26.5 Å². The number of carbonyl (C=O) groups is 1. The van der Waals surface area contributed by atoms with Gasteiger partial charge in [-0.2, -0.15) is 0 Å². The molecule has 1 heterocycles. The first kappa shape index (κ1) is 15.9. The van der Waals surface area contributed by atoms with E-state index in [0.29, 0.717) is 6.54 Å². The van der Waals surface area contributed by atoms with E-state index in [9.17, 15) is 9.90 Å². The summed E-state index contributed by atoms with van der Waals surface area (Å²) in [4.78, 5) is 16.6. The van der Waals surface area contributed by atoms with Gasteiger partial charge in [-0.05, 0) is 20.3 Å². The zero-order valence-corrected chi connectivity index (χ0v) is 12.7. The van der Waals surface area contributed by atoms with Gasteiger partial charge in [0, 0.05) is 31.0 Å². The largest absolute Gasteiger partial charge is 0.393 e. The predicted octanol–water partition coefficient (Wildman–Crippen LogP) is 2.29. The molecule has 0 aliphatic heterocycles. The molecule has 0 saturated carbocycles. The molecule has 0 radical (unpaired) electrons. The molecule has 0 bridgehead atoms. The maximum atomic E-state index is 12.0. The van der Waals surface area contributed by atoms with Gasteiger partial charge in [0.15, 0.2) is 0 Å². The number of ketones is 1. The number of hydrogen-bond donors (Lipinski definition) is 1. The second-order valence-corrected chi connectivity index (χ2v) is 5.30. The number of carbonyl (C=O) groups excluding carboxylic acids is 1. The lowest BCUT2D eigenvalue weighted by Crippen LogP contribution is -2.22. The van der Waals surface area contributed by atoms with Crippen molar-refractivity contribution in [3.8, 4) is 0 Å². The summed E-state index contributed by atoms with van der Waals surface area (Å²) in [6.07, 6.45) is 1.47. The van der Waals surface area contributed by atoms with Gasteiger partial charge < -0.3 is 9.67 Å². The Morgan fingerprint density at radius 2 is 1.95 bits per heavy atom. The Kier molecular flexibility index (Phi) is 5.73. The van der Waals surface area contributed by atoms with Gasteiger partial charge in [0.25, 0.3) is 0 Å². The fourth-order valence-corrected chi connectivity index (χ4v) is 2.36. The van der Waals surface area contributed by atoms with Crippen LogP contribution >= 0.6 is 0 Å². The molecule has 0 fully saturated rings. The molecular formula is C15H26N2O2. The van der Waals surface area contributed by atoms with E-state index in [2.05, 4.69) is 30.3 Å². The van der Waals surface area contributed by atoms with Gasteiger partial charge in [-0.1, -0.05) is 20.8 Å². The standard InChI is InChI=1S/C15H26N2O2/c1-6-13-12(5)17(15(7-2)16-13)9-10(3)14(19)8-11(4)18/h10-11,18H,6-9H2,1-5H3. The lowest BCUT2D eigenvalue weighted by atomic mass is 10.0. The number of imidazole rings is 1. The average molecular weight is 266 g/mol. The summed E-state index contributed by atoms with van der Waals surface area (Å²) in [7, 11) is 0. The minimum atomic E-state index is -0.560. The number of aromatic nitrogens is 2. The van der Waals surface area contributed by atoms with E-state index >= 15 is 0 Å². The number of aliphatic hydroxyl groups excluding tert-OH is 1. The van der Waals surface area contributed by atoms with Crippen molar-refractivity contribution in [2.75, 3.05) is 0 Å². The third-order valence-electron chi connectivity index (χ3n) is 3.55. The minimum absolute atomic E-state index is 0.0856. The highest BCUT2D eigenvalue weighted by Gasteiger charge is 2.19. The van der Waals surface area contributed by atoms with Crippen molar-refractivity contribution >= 4 is 5.78 Å². The summed E-state index contributed by atoms with van der Waals surface area (Å²) in [5.74, 6) is 1.08. The normalized spacial score (nSPS) is 14.4. The Bertz CT molecular complexity index is 436. The molecule has 2 unspecified atom stereocenters. The van der Waals surface area contributed by atoms with E-state index in [0.717, 1.165) is 30.1 Å². The summed E-state index contributed by atoms with van der Waals surface area (Å²) < 4.78 is 2.16. The third kappa shape index (κ3) is 3.90. The molecule has 19 heavy (non-hydrogen) atoms. The van der Waals surface area contributed by atoms with Crippen molar-refractivity contribution in [1.82, 2.24) is 9.55 Å². The maximum Gasteiger partial charge on any atom is 0.140 e. The topological polar surface area (TPSA) is 55.1 Å². The highest BCUT2D eigenvalue weighted by molar-refractivity contribution is 5.81. The Balaban J connectivity index is 2.86. The van der Waals surface area contributed by atoms with Crippen molar-refractivity contribution in [3.05, 3.63) is 17.2 Å². The first-order chi connectivity index (χ1) is 8.90. The molecule has 0 saturated heterocycles. The Morgan fingerprint density at radius 1 is 1.32 bits per heavy atom. The van der Waals surface area contributed by atoms with Gasteiger partial charge in [-0.15, -0.1) is 0 Å². The SMILES string of the molecule is CCc1nc(CC)n(CC(C)C(=O)CC(C)O)c1C. The van der Waals surface area contributed by atoms with Gasteiger partial charge in [0.2, 0.25) is 0 Å². The molecule has 0 aliphatic rings. The van der Waals surface area contributed by atoms with Crippen molar-refractivity contribution in [2.45, 2.75) is 66.5 Å². The molecule has 0 amide bonds. The van der Waals surface area contributed by atoms with Crippen molar-refractivity contribution in [1.29, 1.82) is 0 Å². The summed E-state index contributed by atoms with van der Waals surface area (Å²) in [6.45, 7) is 10.5. The first-order valence-electron chi connectivity index (χ1n) is 7.16. The molecule has 1 N–H and O–H groups in total. The van der Waals surface area contributed by atoms with E-state index in [1.54, 1.807) is 6.92 Å². The lowest BCUT2D eigenvalue weighted by Gasteiger charge is -2.15. The van der Waals surface area contributed by atoms with Crippen LogP contribution in [-0.2, 0) is 24.2 Å². The predicted molar refractivity (Wildman–Crippen MR) is 76.2 cm³/mol. The third-order valence-corrected chi connectivity index (χ3v) is 3.55. The molecule has 4 heteroatoms. The minimum Gasteiger partial charge on any atom is -0.393 e. The lowest BCUT2D eigenvalue weighted by molar-refractivity contribution is -0.124. The summed E-state index contributed by atoms with van der Waals surface area (Å²) in [5, 5.41) is 9.30. The van der Waals surface area contributed by atoms with E-state index in [1.807, 2.05) is 6.92 Å². The van der Waals surface area contributed by atoms with Gasteiger partial charge in [0.05, 0.1) is 11.8 Å². The van der Waals surface area contributed by atoms with Crippen LogP contribution in [0.5, 0.6) is 0 Å². The Hall–Kier alpha value is -1.16. The maximum absolute atomic E-state index is 12.0. The molecule has 0 aliphatic carbocycles. The molecular weight excluding hydrogens is 240 g/mol. The summed E-state index contributed by atoms with van der Waals surface area (Å²) in [6, 6.07) is 0. The second-order valence-electron chi connectivity index (χ2n) is 5.30.